The molecule has 1 unspecified atom stereocenters. The smallest absolute Gasteiger partial charge is 0.237 e. The van der Waals surface area contributed by atoms with Gasteiger partial charge in [0.25, 0.3) is 0 Å². The molecule has 2 rings (SSSR count). The van der Waals surface area contributed by atoms with Crippen molar-refractivity contribution in [3.8, 4) is 5.75 Å². The molecular weight excluding hydrogens is 350 g/mol. The second-order valence-corrected chi connectivity index (χ2v) is 7.86. The van der Waals surface area contributed by atoms with Crippen LogP contribution in [0.1, 0.15) is 27.7 Å². The second kappa shape index (κ2) is 7.40. The number of ether oxygens (including phenoxy) is 1. The van der Waals surface area contributed by atoms with E-state index < -0.39 is 0 Å². The number of aromatic nitrogens is 4. The van der Waals surface area contributed by atoms with Crippen LogP contribution in [0.5, 0.6) is 5.75 Å². The molecule has 0 aliphatic heterocycles. The number of thioether (sulfide) groups is 1. The van der Waals surface area contributed by atoms with Gasteiger partial charge in [-0.25, -0.2) is 4.68 Å². The summed E-state index contributed by atoms with van der Waals surface area (Å²) in [6.45, 7) is 7.79. The molecule has 1 heterocycles. The molecular formula is C15H20ClN5O2S. The van der Waals surface area contributed by atoms with Gasteiger partial charge in [-0.3, -0.25) is 4.79 Å². The van der Waals surface area contributed by atoms with Crippen molar-refractivity contribution in [3.05, 3.63) is 23.2 Å². The molecule has 0 aliphatic rings. The molecule has 0 bridgehead atoms. The highest BCUT2D eigenvalue weighted by atomic mass is 35.5. The summed E-state index contributed by atoms with van der Waals surface area (Å²) in [6.07, 6.45) is 0. The Labute approximate surface area is 150 Å². The van der Waals surface area contributed by atoms with Crippen LogP contribution in [0.4, 0.5) is 5.69 Å². The fraction of sp³-hybridized carbons (Fsp3) is 0.467. The maximum atomic E-state index is 12.4. The summed E-state index contributed by atoms with van der Waals surface area (Å²) in [5, 5.41) is 15.2. The summed E-state index contributed by atoms with van der Waals surface area (Å²) < 4.78 is 6.79. The molecule has 9 heteroatoms. The van der Waals surface area contributed by atoms with Crippen LogP contribution in [-0.2, 0) is 10.3 Å². The highest BCUT2D eigenvalue weighted by Gasteiger charge is 2.24. The van der Waals surface area contributed by atoms with E-state index in [0.717, 1.165) is 0 Å². The standard InChI is InChI=1S/C15H20ClN5O2S/c1-9(24-14-18-19-20-21(14)15(2,3)4)13(22)17-10-6-7-12(23-5)11(16)8-10/h6-9H,1-5H3,(H,17,22). The first-order chi connectivity index (χ1) is 11.2. The van der Waals surface area contributed by atoms with E-state index >= 15 is 0 Å². The van der Waals surface area contributed by atoms with Gasteiger partial charge in [0, 0.05) is 5.69 Å². The van der Waals surface area contributed by atoms with Crippen LogP contribution in [0.3, 0.4) is 0 Å². The third kappa shape index (κ3) is 4.39. The van der Waals surface area contributed by atoms with E-state index in [4.69, 9.17) is 16.3 Å². The molecule has 0 saturated heterocycles. The van der Waals surface area contributed by atoms with Crippen molar-refractivity contribution in [2.45, 2.75) is 43.6 Å². The number of benzene rings is 1. The van der Waals surface area contributed by atoms with Crippen LogP contribution in [0, 0.1) is 0 Å². The molecule has 2 aromatic rings. The number of hydrogen-bond donors (Lipinski definition) is 1. The Morgan fingerprint density at radius 2 is 2.12 bits per heavy atom. The summed E-state index contributed by atoms with van der Waals surface area (Å²) in [4.78, 5) is 12.4. The van der Waals surface area contributed by atoms with E-state index in [1.54, 1.807) is 29.8 Å². The zero-order valence-electron chi connectivity index (χ0n) is 14.2. The van der Waals surface area contributed by atoms with Crippen molar-refractivity contribution in [2.75, 3.05) is 12.4 Å². The Balaban J connectivity index is 2.05. The second-order valence-electron chi connectivity index (χ2n) is 6.14. The zero-order valence-corrected chi connectivity index (χ0v) is 15.8. The molecule has 1 amide bonds. The minimum Gasteiger partial charge on any atom is -0.495 e. The minimum absolute atomic E-state index is 0.162. The van der Waals surface area contributed by atoms with E-state index in [1.807, 2.05) is 20.8 Å². The first kappa shape index (κ1) is 18.5. The summed E-state index contributed by atoms with van der Waals surface area (Å²) in [5.74, 6) is 0.395. The SMILES string of the molecule is COc1ccc(NC(=O)C(C)Sc2nnnn2C(C)(C)C)cc1Cl. The number of methoxy groups -OCH3 is 1. The van der Waals surface area contributed by atoms with Crippen molar-refractivity contribution in [2.24, 2.45) is 0 Å². The van der Waals surface area contributed by atoms with Gasteiger partial charge in [-0.1, -0.05) is 23.4 Å². The predicted octanol–water partition coefficient (Wildman–Crippen LogP) is 3.21. The van der Waals surface area contributed by atoms with Gasteiger partial charge in [-0.15, -0.1) is 5.10 Å². The third-order valence-electron chi connectivity index (χ3n) is 3.15. The highest BCUT2D eigenvalue weighted by Crippen LogP contribution is 2.29. The summed E-state index contributed by atoms with van der Waals surface area (Å²) in [6, 6.07) is 5.09. The fourth-order valence-electron chi connectivity index (χ4n) is 1.87. The number of halogens is 1. The van der Waals surface area contributed by atoms with Crippen LogP contribution >= 0.6 is 23.4 Å². The van der Waals surface area contributed by atoms with E-state index in [1.165, 1.54) is 18.9 Å². The van der Waals surface area contributed by atoms with Crippen LogP contribution in [0.2, 0.25) is 5.02 Å². The Morgan fingerprint density at radius 1 is 1.42 bits per heavy atom. The van der Waals surface area contributed by atoms with Gasteiger partial charge in [-0.05, 0) is 56.3 Å². The molecule has 0 fully saturated rings. The molecule has 0 radical (unpaired) electrons. The Kier molecular flexibility index (Phi) is 5.71. The highest BCUT2D eigenvalue weighted by molar-refractivity contribution is 8.00. The van der Waals surface area contributed by atoms with Gasteiger partial charge >= 0.3 is 0 Å². The van der Waals surface area contributed by atoms with Gasteiger partial charge in [0.15, 0.2) is 0 Å². The number of nitrogens with zero attached hydrogens (tertiary/aromatic N) is 4. The number of tetrazole rings is 1. The Hall–Kier alpha value is -1.80. The number of hydrogen-bond acceptors (Lipinski definition) is 6. The van der Waals surface area contributed by atoms with E-state index in [-0.39, 0.29) is 16.7 Å². The first-order valence-electron chi connectivity index (χ1n) is 7.32. The number of carbonyl (C=O) groups is 1. The lowest BCUT2D eigenvalue weighted by Gasteiger charge is -2.20. The lowest BCUT2D eigenvalue weighted by molar-refractivity contribution is -0.115. The summed E-state index contributed by atoms with van der Waals surface area (Å²) in [7, 11) is 1.54. The number of anilines is 1. The average Bonchev–Trinajstić information content (AvgIpc) is 2.95. The molecule has 0 spiro atoms. The van der Waals surface area contributed by atoms with E-state index in [0.29, 0.717) is 21.6 Å². The van der Waals surface area contributed by atoms with E-state index in [9.17, 15) is 4.79 Å². The molecule has 0 aliphatic carbocycles. The molecule has 1 aromatic carbocycles. The van der Waals surface area contributed by atoms with Crippen molar-refractivity contribution in [1.29, 1.82) is 0 Å². The van der Waals surface area contributed by atoms with Gasteiger partial charge in [0.1, 0.15) is 5.75 Å². The van der Waals surface area contributed by atoms with Crippen molar-refractivity contribution in [3.63, 3.8) is 0 Å². The molecule has 1 N–H and O–H groups in total. The zero-order chi connectivity index (χ0) is 17.9. The molecule has 0 saturated carbocycles. The Bertz CT molecular complexity index is 729. The maximum Gasteiger partial charge on any atom is 0.237 e. The normalized spacial score (nSPS) is 12.8. The predicted molar refractivity (Wildman–Crippen MR) is 94.8 cm³/mol. The Morgan fingerprint density at radius 3 is 2.71 bits per heavy atom. The first-order valence-corrected chi connectivity index (χ1v) is 8.58. The quantitative estimate of drug-likeness (QED) is 0.815. The van der Waals surface area contributed by atoms with Crippen LogP contribution in [0.15, 0.2) is 23.4 Å². The van der Waals surface area contributed by atoms with E-state index in [2.05, 4.69) is 20.8 Å². The summed E-state index contributed by atoms with van der Waals surface area (Å²) in [5.41, 5.74) is 0.347. The third-order valence-corrected chi connectivity index (χ3v) is 4.48. The van der Waals surface area contributed by atoms with Gasteiger partial charge in [0.2, 0.25) is 11.1 Å². The molecule has 1 atom stereocenters. The molecule has 24 heavy (non-hydrogen) atoms. The van der Waals surface area contributed by atoms with Gasteiger partial charge in [-0.2, -0.15) is 0 Å². The maximum absolute atomic E-state index is 12.4. The van der Waals surface area contributed by atoms with Gasteiger partial charge < -0.3 is 10.1 Å². The van der Waals surface area contributed by atoms with Crippen molar-refractivity contribution in [1.82, 2.24) is 20.2 Å². The molecule has 7 nitrogen and oxygen atoms in total. The number of amides is 1. The van der Waals surface area contributed by atoms with Crippen LogP contribution < -0.4 is 10.1 Å². The molecule has 130 valence electrons. The van der Waals surface area contributed by atoms with Crippen molar-refractivity contribution < 1.29 is 9.53 Å². The fourth-order valence-corrected chi connectivity index (χ4v) is 3.11. The van der Waals surface area contributed by atoms with Crippen LogP contribution in [0.25, 0.3) is 0 Å². The lowest BCUT2D eigenvalue weighted by atomic mass is 10.1. The average molecular weight is 370 g/mol. The van der Waals surface area contributed by atoms with Gasteiger partial charge in [0.05, 0.1) is 22.9 Å². The number of nitrogens with one attached hydrogen (secondary N) is 1. The minimum atomic E-state index is -0.377. The number of rotatable bonds is 5. The van der Waals surface area contributed by atoms with Crippen molar-refractivity contribution >= 4 is 35.0 Å². The topological polar surface area (TPSA) is 81.9 Å². The molecule has 1 aromatic heterocycles. The lowest BCUT2D eigenvalue weighted by Crippen LogP contribution is -2.27. The summed E-state index contributed by atoms with van der Waals surface area (Å²) >= 11 is 7.37. The van der Waals surface area contributed by atoms with Crippen LogP contribution in [-0.4, -0.2) is 38.5 Å². The number of carbonyl (C=O) groups excluding carboxylic acids is 1. The largest absolute Gasteiger partial charge is 0.495 e. The monoisotopic (exact) mass is 369 g/mol.